The molecular formula is C18H13F2N3OS. The molecule has 0 saturated heterocycles. The van der Waals surface area contributed by atoms with Gasteiger partial charge < -0.3 is 9.40 Å². The Morgan fingerprint density at radius 3 is 2.76 bits per heavy atom. The zero-order chi connectivity index (χ0) is 17.4. The third-order valence-corrected chi connectivity index (χ3v) is 4.91. The number of rotatable bonds is 4. The van der Waals surface area contributed by atoms with E-state index in [1.165, 1.54) is 17.8 Å². The monoisotopic (exact) mass is 357 g/mol. The van der Waals surface area contributed by atoms with Crippen LogP contribution in [0.4, 0.5) is 8.78 Å². The van der Waals surface area contributed by atoms with Gasteiger partial charge in [-0.25, -0.2) is 8.78 Å². The highest BCUT2D eigenvalue weighted by Gasteiger charge is 2.17. The molecule has 0 spiro atoms. The van der Waals surface area contributed by atoms with Gasteiger partial charge in [-0.1, -0.05) is 36.0 Å². The van der Waals surface area contributed by atoms with Crippen LogP contribution in [0.15, 0.2) is 58.3 Å². The van der Waals surface area contributed by atoms with Crippen molar-refractivity contribution in [2.45, 2.75) is 17.4 Å². The molecule has 0 bridgehead atoms. The van der Waals surface area contributed by atoms with Crippen molar-refractivity contribution in [3.8, 4) is 11.5 Å². The predicted molar refractivity (Wildman–Crippen MR) is 92.2 cm³/mol. The van der Waals surface area contributed by atoms with E-state index < -0.39 is 11.6 Å². The number of hydrogen-bond donors (Lipinski definition) is 1. The Morgan fingerprint density at radius 2 is 1.92 bits per heavy atom. The van der Waals surface area contributed by atoms with Gasteiger partial charge in [-0.15, -0.1) is 10.2 Å². The fourth-order valence-electron chi connectivity index (χ4n) is 2.60. The number of benzene rings is 2. The fourth-order valence-corrected chi connectivity index (χ4v) is 3.40. The average Bonchev–Trinajstić information content (AvgIpc) is 3.23. The standard InChI is InChI=1S/C18H13F2N3OS/c1-10(11-6-7-14(19)15(20)8-11)25-18-23-22-17(24-18)13-9-21-16-5-3-2-4-12(13)16/h2-10,21H,1H3. The Kier molecular flexibility index (Phi) is 4.01. The molecule has 4 rings (SSSR count). The van der Waals surface area contributed by atoms with Crippen LogP contribution in [0.3, 0.4) is 0 Å². The minimum atomic E-state index is -0.866. The number of para-hydroxylation sites is 1. The van der Waals surface area contributed by atoms with Gasteiger partial charge in [-0.3, -0.25) is 0 Å². The van der Waals surface area contributed by atoms with Crippen molar-refractivity contribution < 1.29 is 13.2 Å². The van der Waals surface area contributed by atoms with Gasteiger partial charge in [0.1, 0.15) is 0 Å². The molecule has 0 fully saturated rings. The molecule has 1 N–H and O–H groups in total. The second-order valence-corrected chi connectivity index (χ2v) is 6.85. The summed E-state index contributed by atoms with van der Waals surface area (Å²) in [6.07, 6.45) is 1.82. The van der Waals surface area contributed by atoms with E-state index in [4.69, 9.17) is 4.42 Å². The number of halogens is 2. The normalized spacial score (nSPS) is 12.6. The Balaban J connectivity index is 1.58. The molecule has 7 heteroatoms. The number of hydrogen-bond acceptors (Lipinski definition) is 4. The molecule has 4 aromatic rings. The smallest absolute Gasteiger partial charge is 0.277 e. The molecule has 0 aliphatic carbocycles. The first-order valence-electron chi connectivity index (χ1n) is 7.63. The SMILES string of the molecule is CC(Sc1nnc(-c2c[nH]c3ccccc23)o1)c1ccc(F)c(F)c1. The first-order chi connectivity index (χ1) is 12.1. The van der Waals surface area contributed by atoms with Gasteiger partial charge in [-0.05, 0) is 30.7 Å². The van der Waals surface area contributed by atoms with Crippen molar-refractivity contribution in [2.24, 2.45) is 0 Å². The van der Waals surface area contributed by atoms with Crippen molar-refractivity contribution in [1.29, 1.82) is 0 Å². The highest BCUT2D eigenvalue weighted by atomic mass is 32.2. The second kappa shape index (κ2) is 6.33. The van der Waals surface area contributed by atoms with E-state index in [0.29, 0.717) is 16.7 Å². The molecule has 0 radical (unpaired) electrons. The molecule has 2 aromatic heterocycles. The third-order valence-electron chi connectivity index (χ3n) is 3.92. The van der Waals surface area contributed by atoms with E-state index in [-0.39, 0.29) is 5.25 Å². The number of H-pyrrole nitrogens is 1. The van der Waals surface area contributed by atoms with Gasteiger partial charge in [-0.2, -0.15) is 0 Å². The molecule has 126 valence electrons. The lowest BCUT2D eigenvalue weighted by Crippen LogP contribution is -1.92. The zero-order valence-corrected chi connectivity index (χ0v) is 14.0. The van der Waals surface area contributed by atoms with Crippen molar-refractivity contribution in [3.05, 3.63) is 65.9 Å². The van der Waals surface area contributed by atoms with Gasteiger partial charge >= 0.3 is 0 Å². The van der Waals surface area contributed by atoms with Crippen LogP contribution in [0.2, 0.25) is 0 Å². The summed E-state index contributed by atoms with van der Waals surface area (Å²) in [6, 6.07) is 11.7. The number of nitrogens with zero attached hydrogens (tertiary/aromatic N) is 2. The quantitative estimate of drug-likeness (QED) is 0.500. The molecule has 0 saturated carbocycles. The summed E-state index contributed by atoms with van der Waals surface area (Å²) in [5.41, 5.74) is 2.46. The first-order valence-corrected chi connectivity index (χ1v) is 8.51. The second-order valence-electron chi connectivity index (χ2n) is 5.55. The average molecular weight is 357 g/mol. The molecule has 2 aromatic carbocycles. The number of fused-ring (bicyclic) bond motifs is 1. The summed E-state index contributed by atoms with van der Waals surface area (Å²) < 4.78 is 32.2. The third kappa shape index (κ3) is 3.02. The van der Waals surface area contributed by atoms with Gasteiger partial charge in [0.05, 0.1) is 5.56 Å². The van der Waals surface area contributed by atoms with Crippen molar-refractivity contribution in [3.63, 3.8) is 0 Å². The largest absolute Gasteiger partial charge is 0.411 e. The van der Waals surface area contributed by atoms with E-state index in [1.54, 1.807) is 6.07 Å². The zero-order valence-electron chi connectivity index (χ0n) is 13.2. The first kappa shape index (κ1) is 15.8. The van der Waals surface area contributed by atoms with Gasteiger partial charge in [0, 0.05) is 22.3 Å². The molecule has 1 unspecified atom stereocenters. The van der Waals surface area contributed by atoms with Crippen LogP contribution >= 0.6 is 11.8 Å². The fraction of sp³-hybridized carbons (Fsp3) is 0.111. The number of thioether (sulfide) groups is 1. The lowest BCUT2D eigenvalue weighted by molar-refractivity contribution is 0.465. The van der Waals surface area contributed by atoms with E-state index in [2.05, 4.69) is 15.2 Å². The maximum absolute atomic E-state index is 13.4. The minimum absolute atomic E-state index is 0.161. The van der Waals surface area contributed by atoms with Crippen LogP contribution < -0.4 is 0 Å². The summed E-state index contributed by atoms with van der Waals surface area (Å²) in [4.78, 5) is 3.16. The number of nitrogens with one attached hydrogen (secondary N) is 1. The van der Waals surface area contributed by atoms with Crippen molar-refractivity contribution in [1.82, 2.24) is 15.2 Å². The lowest BCUT2D eigenvalue weighted by Gasteiger charge is -2.08. The highest BCUT2D eigenvalue weighted by molar-refractivity contribution is 7.99. The van der Waals surface area contributed by atoms with Crippen LogP contribution in [-0.2, 0) is 0 Å². The summed E-state index contributed by atoms with van der Waals surface area (Å²) in [5.74, 6) is -1.31. The van der Waals surface area contributed by atoms with Gasteiger partial charge in [0.2, 0.25) is 0 Å². The van der Waals surface area contributed by atoms with Gasteiger partial charge in [0.25, 0.3) is 11.1 Å². The Labute approximate surface area is 146 Å². The topological polar surface area (TPSA) is 54.7 Å². The van der Waals surface area contributed by atoms with Crippen molar-refractivity contribution >= 4 is 22.7 Å². The summed E-state index contributed by atoms with van der Waals surface area (Å²) >= 11 is 1.30. The van der Waals surface area contributed by atoms with Crippen LogP contribution in [-0.4, -0.2) is 15.2 Å². The van der Waals surface area contributed by atoms with E-state index in [0.717, 1.165) is 22.5 Å². The molecule has 0 aliphatic rings. The number of aromatic nitrogens is 3. The lowest BCUT2D eigenvalue weighted by atomic mass is 10.1. The van der Waals surface area contributed by atoms with E-state index >= 15 is 0 Å². The van der Waals surface area contributed by atoms with Crippen molar-refractivity contribution in [2.75, 3.05) is 0 Å². The molecule has 1 atom stereocenters. The Hall–Kier alpha value is -2.67. The molecule has 2 heterocycles. The van der Waals surface area contributed by atoms with E-state index in [9.17, 15) is 8.78 Å². The highest BCUT2D eigenvalue weighted by Crippen LogP contribution is 2.36. The van der Waals surface area contributed by atoms with Crippen LogP contribution in [0.1, 0.15) is 17.7 Å². The molecular weight excluding hydrogens is 344 g/mol. The predicted octanol–water partition coefficient (Wildman–Crippen LogP) is 5.35. The maximum Gasteiger partial charge on any atom is 0.277 e. The Bertz CT molecular complexity index is 1040. The Morgan fingerprint density at radius 1 is 1.08 bits per heavy atom. The summed E-state index contributed by atoms with van der Waals surface area (Å²) in [5, 5.41) is 9.35. The molecule has 0 amide bonds. The minimum Gasteiger partial charge on any atom is -0.411 e. The molecule has 0 aliphatic heterocycles. The van der Waals surface area contributed by atoms with Crippen LogP contribution in [0.5, 0.6) is 0 Å². The summed E-state index contributed by atoms with van der Waals surface area (Å²) in [6.45, 7) is 1.87. The summed E-state index contributed by atoms with van der Waals surface area (Å²) in [7, 11) is 0. The van der Waals surface area contributed by atoms with Gasteiger partial charge in [0.15, 0.2) is 11.6 Å². The maximum atomic E-state index is 13.4. The van der Waals surface area contributed by atoms with Crippen LogP contribution in [0.25, 0.3) is 22.4 Å². The molecule has 4 nitrogen and oxygen atoms in total. The molecule has 25 heavy (non-hydrogen) atoms. The number of aromatic amines is 1. The van der Waals surface area contributed by atoms with Crippen LogP contribution in [0, 0.1) is 11.6 Å². The van der Waals surface area contributed by atoms with E-state index in [1.807, 2.05) is 37.4 Å².